The molecule has 4 aliphatic carbocycles. The van der Waals surface area contributed by atoms with Gasteiger partial charge in [-0.3, -0.25) is 0 Å². The van der Waals surface area contributed by atoms with Crippen molar-refractivity contribution in [1.82, 2.24) is 0 Å². The molecule has 3 heteroatoms. The molecule has 3 nitrogen and oxygen atoms in total. The first-order chi connectivity index (χ1) is 9.16. The van der Waals surface area contributed by atoms with Crippen molar-refractivity contribution in [3.05, 3.63) is 12.2 Å². The minimum atomic E-state index is -0.500. The first-order valence-electron chi connectivity index (χ1n) is 7.89. The van der Waals surface area contributed by atoms with Crippen LogP contribution in [0.4, 0.5) is 0 Å². The summed E-state index contributed by atoms with van der Waals surface area (Å²) in [7, 11) is 0. The normalized spacial score (nSPS) is 57.7. The highest BCUT2D eigenvalue weighted by Gasteiger charge is 2.69. The van der Waals surface area contributed by atoms with E-state index in [0.717, 1.165) is 6.42 Å². The van der Waals surface area contributed by atoms with E-state index in [-0.39, 0.29) is 29.1 Å². The number of ether oxygens (including phenoxy) is 2. The number of rotatable bonds is 0. The zero-order valence-corrected chi connectivity index (χ0v) is 13.1. The molecule has 0 amide bonds. The van der Waals surface area contributed by atoms with E-state index in [2.05, 4.69) is 32.9 Å². The van der Waals surface area contributed by atoms with Crippen molar-refractivity contribution >= 4 is 0 Å². The number of aliphatic hydroxyl groups excluding tert-OH is 1. The van der Waals surface area contributed by atoms with Crippen LogP contribution in [-0.4, -0.2) is 29.2 Å². The highest BCUT2D eigenvalue weighted by atomic mass is 16.8. The Bertz CT molecular complexity index is 481. The standard InChI is InChI=1S/C17H26O3/c1-15(2)8-10-9-6-7-17(5,11(10)13(15)18)14-12(9)19-16(3,4)20-14/h6-7,9-14,18H,8H2,1-5H3/t9-,10+,11-,12-,13?,14-,17+/m0/s1. The molecule has 2 bridgehead atoms. The van der Waals surface area contributed by atoms with E-state index >= 15 is 0 Å². The zero-order valence-electron chi connectivity index (χ0n) is 13.1. The fourth-order valence-electron chi connectivity index (χ4n) is 5.51. The molecule has 5 aliphatic rings. The molecule has 1 saturated heterocycles. The Morgan fingerprint density at radius 1 is 1.10 bits per heavy atom. The molecular weight excluding hydrogens is 252 g/mol. The summed E-state index contributed by atoms with van der Waals surface area (Å²) in [6, 6.07) is 0. The van der Waals surface area contributed by atoms with Gasteiger partial charge in [0.25, 0.3) is 0 Å². The Labute approximate surface area is 121 Å². The van der Waals surface area contributed by atoms with Gasteiger partial charge in [0.15, 0.2) is 5.79 Å². The molecule has 0 spiro atoms. The average molecular weight is 278 g/mol. The Morgan fingerprint density at radius 3 is 2.50 bits per heavy atom. The Kier molecular flexibility index (Phi) is 2.33. The van der Waals surface area contributed by atoms with E-state index in [1.165, 1.54) is 0 Å². The summed E-state index contributed by atoms with van der Waals surface area (Å²) in [5.74, 6) is 0.713. The molecule has 0 aromatic carbocycles. The highest BCUT2D eigenvalue weighted by Crippen LogP contribution is 2.66. The summed E-state index contributed by atoms with van der Waals surface area (Å²) in [5, 5.41) is 10.9. The van der Waals surface area contributed by atoms with Gasteiger partial charge in [-0.25, -0.2) is 0 Å². The fourth-order valence-corrected chi connectivity index (χ4v) is 5.51. The lowest BCUT2D eigenvalue weighted by atomic mass is 9.53. The van der Waals surface area contributed by atoms with Crippen LogP contribution in [0.2, 0.25) is 0 Å². The van der Waals surface area contributed by atoms with E-state index in [0.29, 0.717) is 17.8 Å². The molecule has 5 rings (SSSR count). The van der Waals surface area contributed by atoms with Crippen molar-refractivity contribution < 1.29 is 14.6 Å². The van der Waals surface area contributed by atoms with E-state index in [9.17, 15) is 5.11 Å². The van der Waals surface area contributed by atoms with Crippen molar-refractivity contribution in [2.75, 3.05) is 0 Å². The van der Waals surface area contributed by atoms with Crippen molar-refractivity contribution in [2.24, 2.45) is 28.6 Å². The smallest absolute Gasteiger partial charge is 0.163 e. The maximum Gasteiger partial charge on any atom is 0.163 e. The zero-order chi connectivity index (χ0) is 14.5. The van der Waals surface area contributed by atoms with Gasteiger partial charge in [0.2, 0.25) is 0 Å². The Morgan fingerprint density at radius 2 is 1.80 bits per heavy atom. The topological polar surface area (TPSA) is 38.7 Å². The van der Waals surface area contributed by atoms with Crippen LogP contribution in [0.5, 0.6) is 0 Å². The van der Waals surface area contributed by atoms with Gasteiger partial charge < -0.3 is 14.6 Å². The molecule has 1 N–H and O–H groups in total. The molecular formula is C17H26O3. The number of aliphatic hydroxyl groups is 1. The predicted octanol–water partition coefficient (Wildman–Crippen LogP) is 2.74. The first kappa shape index (κ1) is 13.3. The van der Waals surface area contributed by atoms with Gasteiger partial charge in [-0.05, 0) is 31.6 Å². The van der Waals surface area contributed by atoms with Crippen LogP contribution >= 0.6 is 0 Å². The Balaban J connectivity index is 1.80. The molecule has 7 atom stereocenters. The third-order valence-corrected chi connectivity index (χ3v) is 6.38. The maximum absolute atomic E-state index is 10.9. The molecule has 1 heterocycles. The molecule has 3 fully saturated rings. The Hall–Kier alpha value is -0.380. The summed E-state index contributed by atoms with van der Waals surface area (Å²) in [6.45, 7) is 10.7. The molecule has 1 unspecified atom stereocenters. The summed E-state index contributed by atoms with van der Waals surface area (Å²) >= 11 is 0. The lowest BCUT2D eigenvalue weighted by molar-refractivity contribution is -0.157. The van der Waals surface area contributed by atoms with Crippen molar-refractivity contribution in [1.29, 1.82) is 0 Å². The lowest BCUT2D eigenvalue weighted by Gasteiger charge is -2.54. The van der Waals surface area contributed by atoms with Crippen molar-refractivity contribution in [3.8, 4) is 0 Å². The van der Waals surface area contributed by atoms with E-state index in [1.54, 1.807) is 0 Å². The van der Waals surface area contributed by atoms with Gasteiger partial charge in [-0.2, -0.15) is 0 Å². The molecule has 112 valence electrons. The lowest BCUT2D eigenvalue weighted by Crippen LogP contribution is -2.59. The van der Waals surface area contributed by atoms with Crippen LogP contribution in [0.25, 0.3) is 0 Å². The second-order valence-electron chi connectivity index (χ2n) is 8.65. The van der Waals surface area contributed by atoms with Crippen molar-refractivity contribution in [2.45, 2.75) is 65.1 Å². The molecule has 0 radical (unpaired) electrons. The van der Waals surface area contributed by atoms with E-state index in [4.69, 9.17) is 9.47 Å². The molecule has 0 aromatic rings. The van der Waals surface area contributed by atoms with E-state index in [1.807, 2.05) is 13.8 Å². The second-order valence-corrected chi connectivity index (χ2v) is 8.65. The van der Waals surface area contributed by atoms with Gasteiger partial charge >= 0.3 is 0 Å². The van der Waals surface area contributed by atoms with Crippen LogP contribution < -0.4 is 0 Å². The predicted molar refractivity (Wildman–Crippen MR) is 75.9 cm³/mol. The van der Waals surface area contributed by atoms with Crippen LogP contribution in [0.3, 0.4) is 0 Å². The first-order valence-corrected chi connectivity index (χ1v) is 7.89. The maximum atomic E-state index is 10.9. The molecule has 1 aliphatic heterocycles. The van der Waals surface area contributed by atoms with Crippen LogP contribution in [0, 0.1) is 28.6 Å². The molecule has 0 aromatic heterocycles. The monoisotopic (exact) mass is 278 g/mol. The van der Waals surface area contributed by atoms with Gasteiger partial charge in [-0.1, -0.05) is 32.9 Å². The van der Waals surface area contributed by atoms with Gasteiger partial charge in [0.1, 0.15) is 0 Å². The van der Waals surface area contributed by atoms with Gasteiger partial charge in [-0.15, -0.1) is 0 Å². The SMILES string of the molecule is CC1(C)O[C@H]2[C@H]3C=C[C@](C)([C@@H]4C(O)C(C)(C)C[C@H]34)[C@H]2O1. The molecule has 20 heavy (non-hydrogen) atoms. The fraction of sp³-hybridized carbons (Fsp3) is 0.882. The van der Waals surface area contributed by atoms with Crippen LogP contribution in [0.15, 0.2) is 12.2 Å². The minimum Gasteiger partial charge on any atom is -0.392 e. The second kappa shape index (κ2) is 3.50. The van der Waals surface area contributed by atoms with Crippen molar-refractivity contribution in [3.63, 3.8) is 0 Å². The van der Waals surface area contributed by atoms with Crippen LogP contribution in [-0.2, 0) is 9.47 Å². The summed E-state index contributed by atoms with van der Waals surface area (Å²) in [5.41, 5.74) is -0.111. The summed E-state index contributed by atoms with van der Waals surface area (Å²) < 4.78 is 12.4. The van der Waals surface area contributed by atoms with E-state index < -0.39 is 5.79 Å². The third kappa shape index (κ3) is 1.42. The number of hydrogen-bond donors (Lipinski definition) is 1. The average Bonchev–Trinajstić information content (AvgIpc) is 2.76. The van der Waals surface area contributed by atoms with Crippen LogP contribution in [0.1, 0.15) is 41.0 Å². The summed E-state index contributed by atoms with van der Waals surface area (Å²) in [4.78, 5) is 0. The summed E-state index contributed by atoms with van der Waals surface area (Å²) in [6.07, 6.45) is 5.70. The van der Waals surface area contributed by atoms with Gasteiger partial charge in [0, 0.05) is 17.3 Å². The highest BCUT2D eigenvalue weighted by molar-refractivity contribution is 5.27. The molecule has 2 saturated carbocycles. The third-order valence-electron chi connectivity index (χ3n) is 6.38. The number of hydrogen-bond acceptors (Lipinski definition) is 3. The minimum absolute atomic E-state index is 0.00494. The quantitative estimate of drug-likeness (QED) is 0.692. The largest absolute Gasteiger partial charge is 0.392 e. The van der Waals surface area contributed by atoms with Gasteiger partial charge in [0.05, 0.1) is 18.3 Å².